The van der Waals surface area contributed by atoms with Gasteiger partial charge >= 0.3 is 5.97 Å². The highest BCUT2D eigenvalue weighted by Gasteiger charge is 2.13. The third-order valence-corrected chi connectivity index (χ3v) is 4.18. The van der Waals surface area contributed by atoms with Gasteiger partial charge in [-0.05, 0) is 24.5 Å². The normalized spacial score (nSPS) is 12.2. The molecular formula is C17H27ClN2O3. The van der Waals surface area contributed by atoms with E-state index in [0.29, 0.717) is 19.0 Å². The molecule has 1 aromatic rings. The molecule has 0 saturated carbocycles. The first-order valence-corrected chi connectivity index (χ1v) is 8.50. The second-order valence-corrected chi connectivity index (χ2v) is 6.22. The monoisotopic (exact) mass is 342 g/mol. The summed E-state index contributed by atoms with van der Waals surface area (Å²) in [5.41, 5.74) is 0.155. The van der Waals surface area contributed by atoms with Gasteiger partial charge in [-0.15, -0.1) is 0 Å². The number of carboxylic acids is 1. The molecule has 1 heterocycles. The Morgan fingerprint density at radius 3 is 2.74 bits per heavy atom. The van der Waals surface area contributed by atoms with Crippen LogP contribution in [0.25, 0.3) is 0 Å². The number of aromatic carboxylic acids is 1. The number of hydrogen-bond donors (Lipinski definition) is 1. The summed E-state index contributed by atoms with van der Waals surface area (Å²) in [5.74, 6) is 0.333. The number of halogens is 1. The van der Waals surface area contributed by atoms with Gasteiger partial charge in [-0.2, -0.15) is 0 Å². The minimum absolute atomic E-state index is 0.155. The molecule has 23 heavy (non-hydrogen) atoms. The van der Waals surface area contributed by atoms with E-state index >= 15 is 0 Å². The van der Waals surface area contributed by atoms with Gasteiger partial charge < -0.3 is 14.7 Å². The molecule has 0 radical (unpaired) electrons. The third kappa shape index (κ3) is 7.18. The van der Waals surface area contributed by atoms with Crippen LogP contribution in [-0.4, -0.2) is 42.9 Å². The number of carbonyl (C=O) groups is 1. The highest BCUT2D eigenvalue weighted by molar-refractivity contribution is 6.29. The second kappa shape index (κ2) is 10.4. The van der Waals surface area contributed by atoms with Crippen molar-refractivity contribution < 1.29 is 14.6 Å². The van der Waals surface area contributed by atoms with Crippen LogP contribution in [0, 0.1) is 5.92 Å². The van der Waals surface area contributed by atoms with E-state index in [9.17, 15) is 4.79 Å². The van der Waals surface area contributed by atoms with Gasteiger partial charge in [-0.1, -0.05) is 44.7 Å². The first-order chi connectivity index (χ1) is 11.0. The van der Waals surface area contributed by atoms with Crippen molar-refractivity contribution in [2.24, 2.45) is 5.92 Å². The van der Waals surface area contributed by atoms with Crippen LogP contribution in [0.2, 0.25) is 5.15 Å². The van der Waals surface area contributed by atoms with Gasteiger partial charge in [0, 0.05) is 20.2 Å². The molecule has 5 nitrogen and oxygen atoms in total. The smallest absolute Gasteiger partial charge is 0.335 e. The number of pyridine rings is 1. The number of rotatable bonds is 11. The van der Waals surface area contributed by atoms with Gasteiger partial charge in [0.2, 0.25) is 0 Å². The van der Waals surface area contributed by atoms with E-state index in [1.165, 1.54) is 18.9 Å². The fourth-order valence-electron chi connectivity index (χ4n) is 2.31. The second-order valence-electron chi connectivity index (χ2n) is 5.83. The Balaban J connectivity index is 2.74. The number of anilines is 1. The largest absolute Gasteiger partial charge is 0.478 e. The van der Waals surface area contributed by atoms with Gasteiger partial charge in [0.25, 0.3) is 0 Å². The maximum atomic E-state index is 11.2. The van der Waals surface area contributed by atoms with E-state index in [1.807, 2.05) is 4.90 Å². The maximum Gasteiger partial charge on any atom is 0.335 e. The van der Waals surface area contributed by atoms with Gasteiger partial charge in [0.05, 0.1) is 12.2 Å². The van der Waals surface area contributed by atoms with Crippen LogP contribution in [0.1, 0.15) is 49.9 Å². The molecule has 0 aliphatic carbocycles. The molecular weight excluding hydrogens is 316 g/mol. The minimum Gasteiger partial charge on any atom is -0.478 e. The lowest BCUT2D eigenvalue weighted by atomic mass is 10.0. The predicted octanol–water partition coefficient (Wildman–Crippen LogP) is 4.10. The Morgan fingerprint density at radius 1 is 1.39 bits per heavy atom. The number of hydrogen-bond acceptors (Lipinski definition) is 4. The van der Waals surface area contributed by atoms with Crippen molar-refractivity contribution in [1.82, 2.24) is 4.98 Å². The van der Waals surface area contributed by atoms with Crippen molar-refractivity contribution in [2.75, 3.05) is 31.7 Å². The van der Waals surface area contributed by atoms with E-state index in [0.717, 1.165) is 25.3 Å². The van der Waals surface area contributed by atoms with Crippen LogP contribution in [0.3, 0.4) is 0 Å². The summed E-state index contributed by atoms with van der Waals surface area (Å²) >= 11 is 5.96. The Labute approximate surface area is 143 Å². The third-order valence-electron chi connectivity index (χ3n) is 3.99. The predicted molar refractivity (Wildman–Crippen MR) is 93.6 cm³/mol. The number of methoxy groups -OCH3 is 1. The maximum absolute atomic E-state index is 11.2. The molecule has 1 aromatic heterocycles. The molecule has 6 heteroatoms. The lowest BCUT2D eigenvalue weighted by Crippen LogP contribution is -2.29. The zero-order chi connectivity index (χ0) is 17.2. The van der Waals surface area contributed by atoms with E-state index in [2.05, 4.69) is 18.8 Å². The Hall–Kier alpha value is -1.33. The van der Waals surface area contributed by atoms with Crippen molar-refractivity contribution in [3.05, 3.63) is 22.8 Å². The molecule has 0 bridgehead atoms. The van der Waals surface area contributed by atoms with Crippen molar-refractivity contribution in [2.45, 2.75) is 39.5 Å². The number of ether oxygens (including phenoxy) is 1. The zero-order valence-electron chi connectivity index (χ0n) is 14.2. The Kier molecular flexibility index (Phi) is 8.95. The minimum atomic E-state index is -1.00. The first-order valence-electron chi connectivity index (χ1n) is 8.12. The van der Waals surface area contributed by atoms with Crippen LogP contribution in [0.4, 0.5) is 5.82 Å². The topological polar surface area (TPSA) is 62.7 Å². The first kappa shape index (κ1) is 19.7. The summed E-state index contributed by atoms with van der Waals surface area (Å²) in [6, 6.07) is 2.93. The van der Waals surface area contributed by atoms with Crippen molar-refractivity contribution in [1.29, 1.82) is 0 Å². The molecule has 130 valence electrons. The Bertz CT molecular complexity index is 497. The number of unbranched alkanes of at least 4 members (excludes halogenated alkanes) is 1. The molecule has 0 saturated heterocycles. The van der Waals surface area contributed by atoms with Gasteiger partial charge in [0.15, 0.2) is 0 Å². The quantitative estimate of drug-likeness (QED) is 0.484. The molecule has 1 unspecified atom stereocenters. The van der Waals surface area contributed by atoms with Crippen molar-refractivity contribution >= 4 is 23.4 Å². The zero-order valence-corrected chi connectivity index (χ0v) is 15.0. The molecule has 0 aromatic carbocycles. The molecule has 0 aliphatic rings. The number of carboxylic acid groups (broad SMARTS) is 1. The molecule has 0 spiro atoms. The summed E-state index contributed by atoms with van der Waals surface area (Å²) in [4.78, 5) is 17.5. The van der Waals surface area contributed by atoms with Crippen LogP contribution in [0.5, 0.6) is 0 Å². The molecule has 0 aliphatic heterocycles. The average molecular weight is 343 g/mol. The van der Waals surface area contributed by atoms with Crippen LogP contribution >= 0.6 is 11.6 Å². The van der Waals surface area contributed by atoms with Crippen LogP contribution in [0.15, 0.2) is 12.1 Å². The molecule has 0 fully saturated rings. The summed E-state index contributed by atoms with van der Waals surface area (Å²) in [6.07, 6.45) is 4.58. The molecule has 0 amide bonds. The van der Waals surface area contributed by atoms with E-state index in [4.69, 9.17) is 21.4 Å². The van der Waals surface area contributed by atoms with Gasteiger partial charge in [-0.25, -0.2) is 9.78 Å². The van der Waals surface area contributed by atoms with Crippen molar-refractivity contribution in [3.63, 3.8) is 0 Å². The summed E-state index contributed by atoms with van der Waals surface area (Å²) in [7, 11) is 1.65. The molecule has 1 atom stereocenters. The molecule has 1 rings (SSSR count). The lowest BCUT2D eigenvalue weighted by molar-refractivity contribution is 0.0697. The molecule has 1 N–H and O–H groups in total. The Morgan fingerprint density at radius 2 is 2.13 bits per heavy atom. The summed E-state index contributed by atoms with van der Waals surface area (Å²) in [5, 5.41) is 9.36. The average Bonchev–Trinajstić information content (AvgIpc) is 2.53. The summed E-state index contributed by atoms with van der Waals surface area (Å²) < 4.78 is 5.14. The number of aromatic nitrogens is 1. The number of nitrogens with zero attached hydrogens (tertiary/aromatic N) is 2. The van der Waals surface area contributed by atoms with Crippen LogP contribution < -0.4 is 4.90 Å². The fraction of sp³-hybridized carbons (Fsp3) is 0.647. The SMILES string of the molecule is CCC(C)CCCCN(CCOC)c1cc(C(=O)O)cc(Cl)n1. The highest BCUT2D eigenvalue weighted by Crippen LogP contribution is 2.20. The van der Waals surface area contributed by atoms with Gasteiger partial charge in [-0.3, -0.25) is 0 Å². The van der Waals surface area contributed by atoms with Crippen LogP contribution in [-0.2, 0) is 4.74 Å². The van der Waals surface area contributed by atoms with Crippen molar-refractivity contribution in [3.8, 4) is 0 Å². The lowest BCUT2D eigenvalue weighted by Gasteiger charge is -2.24. The van der Waals surface area contributed by atoms with Gasteiger partial charge in [0.1, 0.15) is 11.0 Å². The van der Waals surface area contributed by atoms with E-state index in [1.54, 1.807) is 13.2 Å². The van der Waals surface area contributed by atoms with E-state index in [-0.39, 0.29) is 10.7 Å². The standard InChI is InChI=1S/C17H27ClN2O3/c1-4-13(2)7-5-6-8-20(9-10-23-3)16-12-14(17(21)22)11-15(18)19-16/h11-13H,4-10H2,1-3H3,(H,21,22). The fourth-order valence-corrected chi connectivity index (χ4v) is 2.51. The summed E-state index contributed by atoms with van der Waals surface area (Å²) in [6.45, 7) is 6.50. The van der Waals surface area contributed by atoms with E-state index < -0.39 is 5.97 Å². The highest BCUT2D eigenvalue weighted by atomic mass is 35.5.